The summed E-state index contributed by atoms with van der Waals surface area (Å²) in [4.78, 5) is 0. The molecule has 0 saturated carbocycles. The molecule has 0 aliphatic carbocycles. The van der Waals surface area contributed by atoms with E-state index in [0.29, 0.717) is 6.04 Å². The summed E-state index contributed by atoms with van der Waals surface area (Å²) >= 11 is 0. The Balaban J connectivity index is 1.69. The first kappa shape index (κ1) is 12.8. The molecule has 0 radical (unpaired) electrons. The lowest BCUT2D eigenvalue weighted by atomic mass is 9.89. The molecule has 2 aliphatic rings. The van der Waals surface area contributed by atoms with Crippen LogP contribution in [0, 0.1) is 0 Å². The molecular weight excluding hydrogens is 242 g/mol. The van der Waals surface area contributed by atoms with Crippen molar-refractivity contribution in [2.75, 3.05) is 32.2 Å². The van der Waals surface area contributed by atoms with E-state index in [0.717, 1.165) is 50.5 Å². The minimum absolute atomic E-state index is 0.0576. The lowest BCUT2D eigenvalue weighted by Gasteiger charge is -2.37. The number of hydrogen-bond donors (Lipinski definition) is 1. The predicted octanol–water partition coefficient (Wildman–Crippen LogP) is 2.45. The number of hydrogen-bond acceptors (Lipinski definition) is 4. The topological polar surface area (TPSA) is 39.7 Å². The van der Waals surface area contributed by atoms with Gasteiger partial charge in [-0.15, -0.1) is 0 Å². The van der Waals surface area contributed by atoms with Gasteiger partial charge in [0.1, 0.15) is 5.75 Å². The molecule has 1 N–H and O–H groups in total. The van der Waals surface area contributed by atoms with Gasteiger partial charge in [0.05, 0.1) is 25.0 Å². The van der Waals surface area contributed by atoms with Gasteiger partial charge in [-0.2, -0.15) is 0 Å². The predicted molar refractivity (Wildman–Crippen MR) is 73.8 cm³/mol. The Bertz CT molecular complexity index is 429. The molecular formula is C15H21NO3. The van der Waals surface area contributed by atoms with E-state index in [1.807, 2.05) is 18.2 Å². The van der Waals surface area contributed by atoms with Gasteiger partial charge in [-0.3, -0.25) is 0 Å². The highest BCUT2D eigenvalue weighted by Crippen LogP contribution is 2.35. The van der Waals surface area contributed by atoms with Gasteiger partial charge in [0.15, 0.2) is 0 Å². The summed E-state index contributed by atoms with van der Waals surface area (Å²) in [6.07, 6.45) is 3.04. The monoisotopic (exact) mass is 263 g/mol. The van der Waals surface area contributed by atoms with Gasteiger partial charge in [0.2, 0.25) is 0 Å². The van der Waals surface area contributed by atoms with Crippen molar-refractivity contribution in [1.82, 2.24) is 0 Å². The summed E-state index contributed by atoms with van der Waals surface area (Å²) in [6, 6.07) is 8.48. The van der Waals surface area contributed by atoms with Gasteiger partial charge < -0.3 is 19.5 Å². The molecule has 1 aromatic rings. The van der Waals surface area contributed by atoms with Gasteiger partial charge in [-0.25, -0.2) is 0 Å². The lowest BCUT2D eigenvalue weighted by molar-refractivity contribution is -0.0828. The highest BCUT2D eigenvalue weighted by atomic mass is 16.6. The van der Waals surface area contributed by atoms with E-state index in [1.165, 1.54) is 0 Å². The number of para-hydroxylation sites is 2. The zero-order valence-electron chi connectivity index (χ0n) is 11.4. The summed E-state index contributed by atoms with van der Waals surface area (Å²) in [5.74, 6) is 0.894. The Labute approximate surface area is 114 Å². The molecule has 104 valence electrons. The Hall–Kier alpha value is -1.26. The fourth-order valence-electron chi connectivity index (χ4n) is 3.00. The number of ether oxygens (including phenoxy) is 3. The average molecular weight is 263 g/mol. The Morgan fingerprint density at radius 1 is 1.32 bits per heavy atom. The number of anilines is 1. The highest BCUT2D eigenvalue weighted by molar-refractivity contribution is 5.56. The molecule has 2 heterocycles. The molecule has 0 aromatic heterocycles. The molecule has 2 fully saturated rings. The molecule has 2 atom stereocenters. The van der Waals surface area contributed by atoms with Crippen LogP contribution in [0.1, 0.15) is 19.3 Å². The number of methoxy groups -OCH3 is 1. The van der Waals surface area contributed by atoms with Gasteiger partial charge in [-0.05, 0) is 25.0 Å². The maximum atomic E-state index is 5.95. The first-order valence-electron chi connectivity index (χ1n) is 6.93. The number of rotatable bonds is 3. The van der Waals surface area contributed by atoms with Crippen LogP contribution < -0.4 is 10.1 Å². The summed E-state index contributed by atoms with van der Waals surface area (Å²) in [7, 11) is 1.71. The maximum absolute atomic E-state index is 5.95. The van der Waals surface area contributed by atoms with Crippen LogP contribution in [0.5, 0.6) is 5.75 Å². The Morgan fingerprint density at radius 2 is 2.21 bits per heavy atom. The van der Waals surface area contributed by atoms with Crippen molar-refractivity contribution in [3.8, 4) is 5.75 Å². The van der Waals surface area contributed by atoms with Gasteiger partial charge in [0.25, 0.3) is 0 Å². The van der Waals surface area contributed by atoms with E-state index in [1.54, 1.807) is 7.11 Å². The fourth-order valence-corrected chi connectivity index (χ4v) is 3.00. The van der Waals surface area contributed by atoms with Gasteiger partial charge in [0, 0.05) is 25.7 Å². The summed E-state index contributed by atoms with van der Waals surface area (Å²) < 4.78 is 16.8. The third-order valence-electron chi connectivity index (χ3n) is 4.03. The molecule has 4 nitrogen and oxygen atoms in total. The average Bonchev–Trinajstić information content (AvgIpc) is 2.87. The van der Waals surface area contributed by atoms with E-state index in [9.17, 15) is 0 Å². The van der Waals surface area contributed by atoms with Crippen LogP contribution in [0.15, 0.2) is 24.3 Å². The van der Waals surface area contributed by atoms with Crippen LogP contribution in [0.2, 0.25) is 0 Å². The highest BCUT2D eigenvalue weighted by Gasteiger charge is 2.41. The number of nitrogens with one attached hydrogen (secondary N) is 1. The molecule has 19 heavy (non-hydrogen) atoms. The van der Waals surface area contributed by atoms with Crippen molar-refractivity contribution in [1.29, 1.82) is 0 Å². The van der Waals surface area contributed by atoms with E-state index >= 15 is 0 Å². The molecule has 0 bridgehead atoms. The van der Waals surface area contributed by atoms with Crippen molar-refractivity contribution in [3.05, 3.63) is 24.3 Å². The van der Waals surface area contributed by atoms with Crippen LogP contribution in [0.3, 0.4) is 0 Å². The molecule has 2 saturated heterocycles. The second-order valence-corrected chi connectivity index (χ2v) is 5.37. The maximum Gasteiger partial charge on any atom is 0.141 e. The van der Waals surface area contributed by atoms with Crippen LogP contribution in [0.4, 0.5) is 5.69 Å². The second-order valence-electron chi connectivity index (χ2n) is 5.37. The molecule has 1 spiro atoms. The standard InChI is InChI=1S/C15H21NO3/c1-17-14-5-3-2-4-13(14)16-12-6-8-19-15(10-12)7-9-18-11-15/h2-5,12,16H,6-11H2,1H3. The normalized spacial score (nSPS) is 30.5. The van der Waals surface area contributed by atoms with E-state index < -0.39 is 0 Å². The van der Waals surface area contributed by atoms with Gasteiger partial charge in [-0.1, -0.05) is 12.1 Å². The van der Waals surface area contributed by atoms with Crippen molar-refractivity contribution in [2.45, 2.75) is 30.9 Å². The molecule has 1 aromatic carbocycles. The first-order valence-corrected chi connectivity index (χ1v) is 6.93. The first-order chi connectivity index (χ1) is 9.31. The second kappa shape index (κ2) is 5.39. The van der Waals surface area contributed by atoms with Crippen LogP contribution >= 0.6 is 0 Å². The molecule has 2 unspecified atom stereocenters. The zero-order chi connectivity index (χ0) is 13.1. The SMILES string of the molecule is COc1ccccc1NC1CCOC2(CCOC2)C1. The van der Waals surface area contributed by atoms with Crippen molar-refractivity contribution in [3.63, 3.8) is 0 Å². The quantitative estimate of drug-likeness (QED) is 0.909. The van der Waals surface area contributed by atoms with Crippen molar-refractivity contribution < 1.29 is 14.2 Å². The molecule has 4 heteroatoms. The Kier molecular flexibility index (Phi) is 3.62. The minimum Gasteiger partial charge on any atom is -0.495 e. The molecule has 0 amide bonds. The number of benzene rings is 1. The summed E-state index contributed by atoms with van der Waals surface area (Å²) in [6.45, 7) is 2.36. The minimum atomic E-state index is -0.0576. The Morgan fingerprint density at radius 3 is 3.00 bits per heavy atom. The third kappa shape index (κ3) is 2.69. The molecule has 3 rings (SSSR count). The summed E-state index contributed by atoms with van der Waals surface area (Å²) in [5, 5.41) is 3.59. The van der Waals surface area contributed by atoms with E-state index in [4.69, 9.17) is 14.2 Å². The smallest absolute Gasteiger partial charge is 0.141 e. The van der Waals surface area contributed by atoms with E-state index in [2.05, 4.69) is 11.4 Å². The van der Waals surface area contributed by atoms with Crippen LogP contribution in [0.25, 0.3) is 0 Å². The summed E-state index contributed by atoms with van der Waals surface area (Å²) in [5.41, 5.74) is 1.00. The lowest BCUT2D eigenvalue weighted by Crippen LogP contribution is -2.44. The van der Waals surface area contributed by atoms with Crippen LogP contribution in [-0.4, -0.2) is 38.6 Å². The third-order valence-corrected chi connectivity index (χ3v) is 4.03. The fraction of sp³-hybridized carbons (Fsp3) is 0.600. The molecule has 2 aliphatic heterocycles. The van der Waals surface area contributed by atoms with Crippen LogP contribution in [-0.2, 0) is 9.47 Å². The van der Waals surface area contributed by atoms with Crippen molar-refractivity contribution in [2.24, 2.45) is 0 Å². The largest absolute Gasteiger partial charge is 0.495 e. The zero-order valence-corrected chi connectivity index (χ0v) is 11.4. The van der Waals surface area contributed by atoms with Gasteiger partial charge >= 0.3 is 0 Å². The van der Waals surface area contributed by atoms with E-state index in [-0.39, 0.29) is 5.60 Å². The van der Waals surface area contributed by atoms with Crippen molar-refractivity contribution >= 4 is 5.69 Å².